The Labute approximate surface area is 203 Å². The number of nitro benzene ring substituents is 1. The Morgan fingerprint density at radius 3 is 1.97 bits per heavy atom. The molecule has 0 spiro atoms. The van der Waals surface area contributed by atoms with Crippen LogP contribution in [0, 0.1) is 10.1 Å². The van der Waals surface area contributed by atoms with E-state index < -0.39 is 89.1 Å². The lowest BCUT2D eigenvalue weighted by Gasteiger charge is -2.43. The SMILES string of the molecule is CC(=O)OC[C@H]1O[C@@H](Oc2ccc(C(=O)O)cc2[N+](=O)[O-])[C@H](OC(C)=O)[C@@H](OC(C)=O)[C@@H]1OC(C)=O. The molecule has 5 atom stereocenters. The third kappa shape index (κ3) is 7.36. The van der Waals surface area contributed by atoms with E-state index in [-0.39, 0.29) is 0 Å². The summed E-state index contributed by atoms with van der Waals surface area (Å²) in [6.45, 7) is 3.65. The zero-order chi connectivity index (χ0) is 27.2. The average Bonchev–Trinajstić information content (AvgIpc) is 2.75. The van der Waals surface area contributed by atoms with E-state index in [1.54, 1.807) is 0 Å². The van der Waals surface area contributed by atoms with Crippen molar-refractivity contribution < 1.29 is 62.4 Å². The first-order chi connectivity index (χ1) is 16.8. The van der Waals surface area contributed by atoms with Crippen LogP contribution in [0.1, 0.15) is 38.1 Å². The second-order valence-electron chi connectivity index (χ2n) is 7.43. The summed E-state index contributed by atoms with van der Waals surface area (Å²) in [5, 5.41) is 20.7. The summed E-state index contributed by atoms with van der Waals surface area (Å²) in [4.78, 5) is 68.6. The lowest BCUT2D eigenvalue weighted by Crippen LogP contribution is -2.63. The van der Waals surface area contributed by atoms with Crippen molar-refractivity contribution in [3.05, 3.63) is 33.9 Å². The number of hydrogen-bond acceptors (Lipinski definition) is 13. The number of esters is 4. The molecule has 1 heterocycles. The van der Waals surface area contributed by atoms with Crippen LogP contribution in [0.5, 0.6) is 5.75 Å². The van der Waals surface area contributed by atoms with Gasteiger partial charge in [0.25, 0.3) is 0 Å². The van der Waals surface area contributed by atoms with Gasteiger partial charge in [0, 0.05) is 33.8 Å². The van der Waals surface area contributed by atoms with E-state index in [2.05, 4.69) is 0 Å². The smallest absolute Gasteiger partial charge is 0.335 e. The highest BCUT2D eigenvalue weighted by molar-refractivity contribution is 5.88. The van der Waals surface area contributed by atoms with Crippen molar-refractivity contribution in [1.82, 2.24) is 0 Å². The molecule has 2 rings (SSSR count). The van der Waals surface area contributed by atoms with E-state index in [4.69, 9.17) is 33.5 Å². The maximum Gasteiger partial charge on any atom is 0.335 e. The molecule has 1 aromatic carbocycles. The topological polar surface area (TPSA) is 204 Å². The van der Waals surface area contributed by atoms with E-state index >= 15 is 0 Å². The molecule has 0 radical (unpaired) electrons. The van der Waals surface area contributed by atoms with Crippen LogP contribution in [0.3, 0.4) is 0 Å². The standard InChI is InChI=1S/C21H23NO14/c1-9(23)31-8-16-17(32-10(2)24)18(33-11(3)25)19(34-12(4)26)21(36-16)35-15-6-5-13(20(27)28)7-14(15)22(29)30/h5-7,16-19,21H,8H2,1-4H3,(H,27,28)/t16-,17-,18+,19-,21-/m1/s1. The number of carboxylic acids is 1. The van der Waals surface area contributed by atoms with Crippen molar-refractivity contribution in [3.63, 3.8) is 0 Å². The van der Waals surface area contributed by atoms with Crippen molar-refractivity contribution in [1.29, 1.82) is 0 Å². The van der Waals surface area contributed by atoms with Gasteiger partial charge in [-0.25, -0.2) is 4.79 Å². The summed E-state index contributed by atoms with van der Waals surface area (Å²) in [5.74, 6) is -5.26. The largest absolute Gasteiger partial charge is 0.478 e. The predicted octanol–water partition coefficient (Wildman–Crippen LogP) is 0.755. The Morgan fingerprint density at radius 1 is 0.917 bits per heavy atom. The number of nitro groups is 1. The van der Waals surface area contributed by atoms with Gasteiger partial charge in [-0.2, -0.15) is 0 Å². The predicted molar refractivity (Wildman–Crippen MR) is 113 cm³/mol. The first-order valence-electron chi connectivity index (χ1n) is 10.3. The fraction of sp³-hybridized carbons (Fsp3) is 0.476. The highest BCUT2D eigenvalue weighted by Gasteiger charge is 2.53. The lowest BCUT2D eigenvalue weighted by atomic mass is 9.98. The van der Waals surface area contributed by atoms with Crippen molar-refractivity contribution >= 4 is 35.5 Å². The molecule has 1 aliphatic heterocycles. The van der Waals surface area contributed by atoms with E-state index in [9.17, 15) is 34.1 Å². The maximum atomic E-state index is 11.8. The number of hydrogen-bond donors (Lipinski definition) is 1. The van der Waals surface area contributed by atoms with Crippen LogP contribution in [0.4, 0.5) is 5.69 Å². The minimum absolute atomic E-state index is 0.407. The van der Waals surface area contributed by atoms with Gasteiger partial charge in [0.05, 0.1) is 10.5 Å². The molecular weight excluding hydrogens is 490 g/mol. The van der Waals surface area contributed by atoms with E-state index in [1.807, 2.05) is 0 Å². The zero-order valence-electron chi connectivity index (χ0n) is 19.5. The van der Waals surface area contributed by atoms with Crippen LogP contribution in [-0.2, 0) is 42.9 Å². The summed E-state index contributed by atoms with van der Waals surface area (Å²) < 4.78 is 31.9. The first-order valence-corrected chi connectivity index (χ1v) is 10.3. The second-order valence-corrected chi connectivity index (χ2v) is 7.43. The van der Waals surface area contributed by atoms with E-state index in [0.717, 1.165) is 45.9 Å². The summed E-state index contributed by atoms with van der Waals surface area (Å²) in [5.41, 5.74) is -1.17. The lowest BCUT2D eigenvalue weighted by molar-refractivity contribution is -0.387. The zero-order valence-corrected chi connectivity index (χ0v) is 19.5. The summed E-state index contributed by atoms with van der Waals surface area (Å²) >= 11 is 0. The van der Waals surface area contributed by atoms with Gasteiger partial charge in [-0.15, -0.1) is 0 Å². The molecule has 36 heavy (non-hydrogen) atoms. The quantitative estimate of drug-likeness (QED) is 0.209. The Hall–Kier alpha value is -4.27. The van der Waals surface area contributed by atoms with Crippen molar-refractivity contribution in [2.24, 2.45) is 0 Å². The minimum Gasteiger partial charge on any atom is -0.478 e. The summed E-state index contributed by atoms with van der Waals surface area (Å²) in [6.07, 6.45) is -7.68. The van der Waals surface area contributed by atoms with Gasteiger partial charge < -0.3 is 33.5 Å². The molecule has 0 amide bonds. The van der Waals surface area contributed by atoms with Crippen LogP contribution in [-0.4, -0.2) is 77.2 Å². The monoisotopic (exact) mass is 513 g/mol. The molecule has 196 valence electrons. The number of ether oxygens (including phenoxy) is 6. The molecule has 15 nitrogen and oxygen atoms in total. The molecular formula is C21H23NO14. The number of benzene rings is 1. The Balaban J connectivity index is 2.57. The molecule has 15 heteroatoms. The van der Waals surface area contributed by atoms with Gasteiger partial charge in [0.15, 0.2) is 18.0 Å². The van der Waals surface area contributed by atoms with Gasteiger partial charge in [0.1, 0.15) is 12.7 Å². The average molecular weight is 513 g/mol. The molecule has 1 saturated heterocycles. The molecule has 0 bridgehead atoms. The van der Waals surface area contributed by atoms with Crippen LogP contribution < -0.4 is 4.74 Å². The van der Waals surface area contributed by atoms with Gasteiger partial charge >= 0.3 is 35.5 Å². The Bertz CT molecular complexity index is 1050. The summed E-state index contributed by atoms with van der Waals surface area (Å²) in [6, 6.07) is 2.74. The molecule has 0 unspecified atom stereocenters. The number of carbonyl (C=O) groups is 5. The fourth-order valence-electron chi connectivity index (χ4n) is 3.30. The second kappa shape index (κ2) is 11.9. The van der Waals surface area contributed by atoms with Crippen molar-refractivity contribution in [3.8, 4) is 5.75 Å². The van der Waals surface area contributed by atoms with Crippen LogP contribution >= 0.6 is 0 Å². The van der Waals surface area contributed by atoms with Crippen molar-refractivity contribution in [2.45, 2.75) is 58.4 Å². The van der Waals surface area contributed by atoms with Crippen LogP contribution in [0.2, 0.25) is 0 Å². The highest BCUT2D eigenvalue weighted by Crippen LogP contribution is 2.34. The fourth-order valence-corrected chi connectivity index (χ4v) is 3.30. The number of carboxylic acid groups (broad SMARTS) is 1. The Morgan fingerprint density at radius 2 is 1.47 bits per heavy atom. The minimum atomic E-state index is -1.72. The molecule has 1 N–H and O–H groups in total. The number of nitrogens with zero attached hydrogens (tertiary/aromatic N) is 1. The van der Waals surface area contributed by atoms with Crippen molar-refractivity contribution in [2.75, 3.05) is 6.61 Å². The molecule has 1 aliphatic rings. The van der Waals surface area contributed by atoms with E-state index in [1.165, 1.54) is 0 Å². The Kier molecular flexibility index (Phi) is 9.26. The molecule has 0 aromatic heterocycles. The van der Waals surface area contributed by atoms with Gasteiger partial charge in [-0.3, -0.25) is 29.3 Å². The van der Waals surface area contributed by atoms with Crippen LogP contribution in [0.25, 0.3) is 0 Å². The van der Waals surface area contributed by atoms with Gasteiger partial charge in [0.2, 0.25) is 12.4 Å². The molecule has 0 aliphatic carbocycles. The van der Waals surface area contributed by atoms with Crippen LogP contribution in [0.15, 0.2) is 18.2 Å². The summed E-state index contributed by atoms with van der Waals surface area (Å²) in [7, 11) is 0. The maximum absolute atomic E-state index is 11.8. The molecule has 1 aromatic rings. The third-order valence-corrected chi connectivity index (χ3v) is 4.59. The molecule has 0 saturated carbocycles. The highest BCUT2D eigenvalue weighted by atomic mass is 16.7. The third-order valence-electron chi connectivity index (χ3n) is 4.59. The number of carbonyl (C=O) groups excluding carboxylic acids is 4. The molecule has 1 fully saturated rings. The van der Waals surface area contributed by atoms with E-state index in [0.29, 0.717) is 0 Å². The number of rotatable bonds is 9. The first kappa shape index (κ1) is 28.0. The normalized spacial score (nSPS) is 23.1. The van der Waals surface area contributed by atoms with Gasteiger partial charge in [-0.05, 0) is 12.1 Å². The van der Waals surface area contributed by atoms with Gasteiger partial charge in [-0.1, -0.05) is 0 Å². The number of aromatic carboxylic acids is 1.